The van der Waals surface area contributed by atoms with E-state index in [1.807, 2.05) is 24.3 Å². The molecule has 1 atom stereocenters. The first kappa shape index (κ1) is 15.1. The van der Waals surface area contributed by atoms with Crippen LogP contribution in [0.15, 0.2) is 44.1 Å². The largest absolute Gasteiger partial charge is 0.457 e. The number of halogens is 3. The van der Waals surface area contributed by atoms with Gasteiger partial charge in [-0.05, 0) is 52.7 Å². The van der Waals surface area contributed by atoms with Crippen molar-refractivity contribution in [2.45, 2.75) is 19.4 Å². The molecule has 0 saturated heterocycles. The molecular formula is C14H14Br2ClNO. The van der Waals surface area contributed by atoms with Crippen LogP contribution in [0.5, 0.6) is 0 Å². The van der Waals surface area contributed by atoms with E-state index in [-0.39, 0.29) is 6.04 Å². The minimum Gasteiger partial charge on any atom is -0.457 e. The van der Waals surface area contributed by atoms with Gasteiger partial charge in [0.2, 0.25) is 0 Å². The maximum absolute atomic E-state index is 6.28. The summed E-state index contributed by atoms with van der Waals surface area (Å²) in [5.74, 6) is 0. The summed E-state index contributed by atoms with van der Waals surface area (Å²) in [6.45, 7) is 2.97. The number of hydrogen-bond donors (Lipinski definition) is 1. The Kier molecular flexibility index (Phi) is 5.51. The van der Waals surface area contributed by atoms with Crippen molar-refractivity contribution in [3.05, 3.63) is 55.8 Å². The average molecular weight is 408 g/mol. The summed E-state index contributed by atoms with van der Waals surface area (Å²) in [6.07, 6.45) is 2.50. The number of benzene rings is 1. The summed E-state index contributed by atoms with van der Waals surface area (Å²) < 4.78 is 7.08. The van der Waals surface area contributed by atoms with E-state index in [0.29, 0.717) is 0 Å². The van der Waals surface area contributed by atoms with Gasteiger partial charge in [-0.2, -0.15) is 0 Å². The first-order chi connectivity index (χ1) is 9.11. The SMILES string of the molecule is CCNC(Cc1ccc(Br)cc1Cl)c1ccoc1Br. The van der Waals surface area contributed by atoms with Crippen molar-refractivity contribution in [3.63, 3.8) is 0 Å². The molecule has 1 aromatic heterocycles. The predicted octanol–water partition coefficient (Wildman–Crippen LogP) is 5.35. The monoisotopic (exact) mass is 405 g/mol. The fourth-order valence-electron chi connectivity index (χ4n) is 2.00. The van der Waals surface area contributed by atoms with Gasteiger partial charge in [0.25, 0.3) is 0 Å². The molecule has 19 heavy (non-hydrogen) atoms. The van der Waals surface area contributed by atoms with Gasteiger partial charge < -0.3 is 9.73 Å². The van der Waals surface area contributed by atoms with Crippen LogP contribution in [-0.4, -0.2) is 6.54 Å². The predicted molar refractivity (Wildman–Crippen MR) is 85.7 cm³/mol. The van der Waals surface area contributed by atoms with Crippen LogP contribution in [0, 0.1) is 0 Å². The zero-order chi connectivity index (χ0) is 13.8. The van der Waals surface area contributed by atoms with E-state index in [1.165, 1.54) is 0 Å². The standard InChI is InChI=1S/C14H14Br2ClNO/c1-2-18-13(11-5-6-19-14(11)16)7-9-3-4-10(15)8-12(9)17/h3-6,8,13,18H,2,7H2,1H3. The maximum Gasteiger partial charge on any atom is 0.173 e. The van der Waals surface area contributed by atoms with E-state index < -0.39 is 0 Å². The van der Waals surface area contributed by atoms with Crippen molar-refractivity contribution >= 4 is 43.5 Å². The Balaban J connectivity index is 2.24. The number of furan rings is 1. The number of hydrogen-bond acceptors (Lipinski definition) is 2. The van der Waals surface area contributed by atoms with Gasteiger partial charge in [-0.1, -0.05) is 40.5 Å². The second-order valence-corrected chi connectivity index (χ2v) is 6.24. The topological polar surface area (TPSA) is 25.2 Å². The molecule has 0 aliphatic carbocycles. The fourth-order valence-corrected chi connectivity index (χ4v) is 3.27. The summed E-state index contributed by atoms with van der Waals surface area (Å²) in [7, 11) is 0. The second-order valence-electron chi connectivity index (χ2n) is 4.20. The molecule has 0 aliphatic heterocycles. The minimum absolute atomic E-state index is 0.178. The third kappa shape index (κ3) is 3.85. The highest BCUT2D eigenvalue weighted by Gasteiger charge is 2.17. The molecule has 1 unspecified atom stereocenters. The molecule has 0 amide bonds. The van der Waals surface area contributed by atoms with Crippen molar-refractivity contribution in [2.24, 2.45) is 0 Å². The summed E-state index contributed by atoms with van der Waals surface area (Å²) >= 11 is 13.1. The van der Waals surface area contributed by atoms with E-state index in [9.17, 15) is 0 Å². The van der Waals surface area contributed by atoms with E-state index in [4.69, 9.17) is 16.0 Å². The third-order valence-electron chi connectivity index (χ3n) is 2.91. The van der Waals surface area contributed by atoms with Crippen molar-refractivity contribution in [1.82, 2.24) is 5.32 Å². The lowest BCUT2D eigenvalue weighted by Gasteiger charge is -2.18. The molecule has 0 spiro atoms. The molecule has 2 rings (SSSR count). The van der Waals surface area contributed by atoms with Gasteiger partial charge in [0.15, 0.2) is 4.67 Å². The highest BCUT2D eigenvalue weighted by molar-refractivity contribution is 9.10. The molecule has 1 N–H and O–H groups in total. The molecule has 102 valence electrons. The van der Waals surface area contributed by atoms with Crippen molar-refractivity contribution in [2.75, 3.05) is 6.54 Å². The first-order valence-electron chi connectivity index (χ1n) is 6.02. The fraction of sp³-hybridized carbons (Fsp3) is 0.286. The highest BCUT2D eigenvalue weighted by Crippen LogP contribution is 2.30. The molecule has 2 aromatic rings. The highest BCUT2D eigenvalue weighted by atomic mass is 79.9. The molecule has 1 aromatic carbocycles. The second kappa shape index (κ2) is 6.93. The van der Waals surface area contributed by atoms with Crippen LogP contribution >= 0.6 is 43.5 Å². The van der Waals surface area contributed by atoms with Crippen LogP contribution in [0.2, 0.25) is 5.02 Å². The molecule has 0 aliphatic rings. The third-order valence-corrected chi connectivity index (χ3v) is 4.40. The molecule has 0 fully saturated rings. The van der Waals surface area contributed by atoms with Crippen molar-refractivity contribution in [3.8, 4) is 0 Å². The van der Waals surface area contributed by atoms with Crippen LogP contribution in [0.1, 0.15) is 24.1 Å². The van der Waals surface area contributed by atoms with Gasteiger partial charge in [-0.3, -0.25) is 0 Å². The average Bonchev–Trinajstić information content (AvgIpc) is 2.78. The summed E-state index contributed by atoms with van der Waals surface area (Å²) in [5, 5.41) is 4.23. The van der Waals surface area contributed by atoms with Gasteiger partial charge in [0.05, 0.1) is 6.26 Å². The molecule has 5 heteroatoms. The van der Waals surface area contributed by atoms with Crippen LogP contribution in [0.3, 0.4) is 0 Å². The summed E-state index contributed by atoms with van der Waals surface area (Å²) in [5.41, 5.74) is 2.23. The lowest BCUT2D eigenvalue weighted by atomic mass is 10.0. The zero-order valence-electron chi connectivity index (χ0n) is 10.4. The summed E-state index contributed by atoms with van der Waals surface area (Å²) in [6, 6.07) is 8.13. The van der Waals surface area contributed by atoms with Gasteiger partial charge in [0.1, 0.15) is 0 Å². The Morgan fingerprint density at radius 3 is 2.68 bits per heavy atom. The van der Waals surface area contributed by atoms with Gasteiger partial charge in [-0.15, -0.1) is 0 Å². The number of rotatable bonds is 5. The van der Waals surface area contributed by atoms with E-state index in [2.05, 4.69) is 44.1 Å². The number of likely N-dealkylation sites (N-methyl/N-ethyl adjacent to an activating group) is 1. The molecule has 0 radical (unpaired) electrons. The maximum atomic E-state index is 6.28. The Bertz CT molecular complexity index is 556. The normalized spacial score (nSPS) is 12.6. The molecule has 0 bridgehead atoms. The van der Waals surface area contributed by atoms with Crippen LogP contribution in [0.4, 0.5) is 0 Å². The molecule has 2 nitrogen and oxygen atoms in total. The lowest BCUT2D eigenvalue weighted by Crippen LogP contribution is -2.23. The van der Waals surface area contributed by atoms with Gasteiger partial charge >= 0.3 is 0 Å². The minimum atomic E-state index is 0.178. The van der Waals surface area contributed by atoms with Crippen LogP contribution in [0.25, 0.3) is 0 Å². The Hall–Kier alpha value is -0.290. The lowest BCUT2D eigenvalue weighted by molar-refractivity contribution is 0.506. The Morgan fingerprint density at radius 1 is 1.32 bits per heavy atom. The van der Waals surface area contributed by atoms with Gasteiger partial charge in [-0.25, -0.2) is 0 Å². The van der Waals surface area contributed by atoms with Crippen LogP contribution in [-0.2, 0) is 6.42 Å². The molecule has 0 saturated carbocycles. The Morgan fingerprint density at radius 2 is 2.11 bits per heavy atom. The zero-order valence-corrected chi connectivity index (χ0v) is 14.3. The van der Waals surface area contributed by atoms with E-state index in [1.54, 1.807) is 6.26 Å². The van der Waals surface area contributed by atoms with Crippen molar-refractivity contribution < 1.29 is 4.42 Å². The quantitative estimate of drug-likeness (QED) is 0.723. The Labute approximate surface area is 134 Å². The van der Waals surface area contributed by atoms with E-state index in [0.717, 1.165) is 38.3 Å². The first-order valence-corrected chi connectivity index (χ1v) is 7.98. The van der Waals surface area contributed by atoms with Crippen LogP contribution < -0.4 is 5.32 Å². The smallest absolute Gasteiger partial charge is 0.173 e. The molecule has 1 heterocycles. The molecular weight excluding hydrogens is 393 g/mol. The van der Waals surface area contributed by atoms with Gasteiger partial charge in [0, 0.05) is 21.1 Å². The van der Waals surface area contributed by atoms with E-state index >= 15 is 0 Å². The summed E-state index contributed by atoms with van der Waals surface area (Å²) in [4.78, 5) is 0. The van der Waals surface area contributed by atoms with Crippen molar-refractivity contribution in [1.29, 1.82) is 0 Å². The number of nitrogens with one attached hydrogen (secondary N) is 1.